The number of hydrogen-bond acceptors (Lipinski definition) is 11. The van der Waals surface area contributed by atoms with Crippen LogP contribution in [0.25, 0.3) is 11.6 Å². The predicted molar refractivity (Wildman–Crippen MR) is 166 cm³/mol. The van der Waals surface area contributed by atoms with Gasteiger partial charge in [0.05, 0.1) is 7.11 Å². The van der Waals surface area contributed by atoms with Crippen LogP contribution in [0.3, 0.4) is 0 Å². The monoisotopic (exact) mass is 659 g/mol. The number of nitrogens with zero attached hydrogens (tertiary/aromatic N) is 2. The highest BCUT2D eigenvalue weighted by molar-refractivity contribution is 5.90. The number of oxazole rings is 2. The summed E-state index contributed by atoms with van der Waals surface area (Å²) in [5, 5.41) is 19.4. The number of nitrogens with one attached hydrogen (secondary N) is 3. The number of methoxy groups -OCH3 is 1. The highest BCUT2D eigenvalue weighted by atomic mass is 19.1. The van der Waals surface area contributed by atoms with Crippen molar-refractivity contribution in [3.63, 3.8) is 0 Å². The van der Waals surface area contributed by atoms with Gasteiger partial charge in [-0.05, 0) is 35.1 Å². The third kappa shape index (κ3) is 4.73. The summed E-state index contributed by atoms with van der Waals surface area (Å²) in [4.78, 5) is 48.5. The molecule has 5 heterocycles. The number of aromatic nitrogens is 2. The molecule has 3 aliphatic heterocycles. The number of benzene rings is 2. The van der Waals surface area contributed by atoms with Gasteiger partial charge in [-0.1, -0.05) is 52.0 Å². The van der Waals surface area contributed by atoms with E-state index in [-0.39, 0.29) is 47.0 Å². The molecule has 1 spiro atoms. The van der Waals surface area contributed by atoms with E-state index in [0.717, 1.165) is 6.26 Å². The van der Waals surface area contributed by atoms with Gasteiger partial charge in [-0.25, -0.2) is 19.2 Å². The van der Waals surface area contributed by atoms with E-state index >= 15 is 4.39 Å². The van der Waals surface area contributed by atoms with E-state index < -0.39 is 59.3 Å². The SMILES string of the molecule is COC(=O)c1coc(-c2nc3oc2C24c5ccccc5NC2Oc2c(F)cc(cc24)CC(NC(=O)C(O)C(C)C)C(=O)NC3C(C)C)n1. The zero-order valence-electron chi connectivity index (χ0n) is 26.8. The minimum atomic E-state index is -1.37. The first-order valence-corrected chi connectivity index (χ1v) is 15.6. The number of carbonyl (C=O) groups excluding carboxylic acids is 3. The van der Waals surface area contributed by atoms with Crippen LogP contribution in [-0.4, -0.2) is 58.3 Å². The van der Waals surface area contributed by atoms with E-state index in [2.05, 4.69) is 20.9 Å². The maximum absolute atomic E-state index is 16.1. The second kappa shape index (κ2) is 11.5. The molecule has 2 aromatic carbocycles. The Bertz CT molecular complexity index is 1950. The molecule has 0 aliphatic carbocycles. The van der Waals surface area contributed by atoms with Crippen LogP contribution in [0.1, 0.15) is 72.6 Å². The van der Waals surface area contributed by atoms with Crippen molar-refractivity contribution in [1.29, 1.82) is 0 Å². The third-order valence-electron chi connectivity index (χ3n) is 9.10. The van der Waals surface area contributed by atoms with Gasteiger partial charge in [0, 0.05) is 17.7 Å². The van der Waals surface area contributed by atoms with Gasteiger partial charge in [-0.15, -0.1) is 0 Å². The fourth-order valence-corrected chi connectivity index (χ4v) is 6.64. The fourth-order valence-electron chi connectivity index (χ4n) is 6.64. The molecular formula is C34H34FN5O8. The number of para-hydroxylation sites is 1. The summed E-state index contributed by atoms with van der Waals surface area (Å²) in [6.45, 7) is 7.08. The lowest BCUT2D eigenvalue weighted by atomic mass is 9.72. The Kier molecular flexibility index (Phi) is 7.50. The third-order valence-corrected chi connectivity index (χ3v) is 9.10. The molecule has 0 saturated heterocycles. The van der Waals surface area contributed by atoms with E-state index in [9.17, 15) is 19.5 Å². The second-order valence-electron chi connectivity index (χ2n) is 12.9. The van der Waals surface area contributed by atoms with Gasteiger partial charge in [0.15, 0.2) is 34.9 Å². The molecule has 0 saturated carbocycles. The molecule has 2 aromatic heterocycles. The highest BCUT2D eigenvalue weighted by Gasteiger charge is 2.62. The van der Waals surface area contributed by atoms with Gasteiger partial charge < -0.3 is 39.4 Å². The van der Waals surface area contributed by atoms with Crippen molar-refractivity contribution >= 4 is 23.5 Å². The predicted octanol–water partition coefficient (Wildman–Crippen LogP) is 3.60. The van der Waals surface area contributed by atoms with Crippen molar-refractivity contribution in [2.24, 2.45) is 11.8 Å². The van der Waals surface area contributed by atoms with Crippen LogP contribution in [0, 0.1) is 17.7 Å². The number of ether oxygens (including phenoxy) is 2. The summed E-state index contributed by atoms with van der Waals surface area (Å²) in [5.41, 5.74) is 0.826. The minimum Gasteiger partial charge on any atom is -0.465 e. The minimum absolute atomic E-state index is 0.0324. The Balaban J connectivity index is 1.50. The molecule has 0 fully saturated rings. The van der Waals surface area contributed by atoms with Crippen LogP contribution in [0.5, 0.6) is 5.75 Å². The van der Waals surface area contributed by atoms with Crippen LogP contribution in [0.15, 0.2) is 51.5 Å². The number of aliphatic hydroxyl groups excluding tert-OH is 1. The number of fused-ring (bicyclic) bond motifs is 4. The first kappa shape index (κ1) is 31.4. The molecule has 13 nitrogen and oxygen atoms in total. The van der Waals surface area contributed by atoms with E-state index in [4.69, 9.17) is 23.3 Å². The Morgan fingerprint density at radius 1 is 1.12 bits per heavy atom. The summed E-state index contributed by atoms with van der Waals surface area (Å²) in [5.74, 6) is -3.27. The van der Waals surface area contributed by atoms with Crippen LogP contribution in [0.4, 0.5) is 10.1 Å². The molecule has 4 bridgehead atoms. The number of esters is 1. The fraction of sp³-hybridized carbons (Fsp3) is 0.382. The lowest BCUT2D eigenvalue weighted by Crippen LogP contribution is -2.52. The number of amides is 2. The number of carbonyl (C=O) groups is 3. The Labute approximate surface area is 274 Å². The number of hydrogen-bond donors (Lipinski definition) is 4. The average molecular weight is 660 g/mol. The van der Waals surface area contributed by atoms with Crippen LogP contribution in [0.2, 0.25) is 0 Å². The van der Waals surface area contributed by atoms with Crippen molar-refractivity contribution in [3.8, 4) is 17.3 Å². The molecule has 5 unspecified atom stereocenters. The van der Waals surface area contributed by atoms with Crippen LogP contribution >= 0.6 is 0 Å². The lowest BCUT2D eigenvalue weighted by molar-refractivity contribution is -0.135. The summed E-state index contributed by atoms with van der Waals surface area (Å²) in [7, 11) is 1.22. The van der Waals surface area contributed by atoms with E-state index in [1.54, 1.807) is 19.9 Å². The number of halogens is 1. The average Bonchev–Trinajstić information content (AvgIpc) is 3.83. The number of rotatable bonds is 6. The maximum atomic E-state index is 16.1. The molecule has 3 aliphatic rings. The largest absolute Gasteiger partial charge is 0.465 e. The topological polar surface area (TPSA) is 178 Å². The van der Waals surface area contributed by atoms with Crippen molar-refractivity contribution in [3.05, 3.63) is 82.5 Å². The molecule has 2 amide bonds. The van der Waals surface area contributed by atoms with Gasteiger partial charge in [-0.2, -0.15) is 0 Å². The summed E-state index contributed by atoms with van der Waals surface area (Å²) in [6, 6.07) is 8.38. The number of anilines is 1. The standard InChI is InChI=1S/C34H34FN5O8/c1-14(2)23-31-40-24(30-37-22(13-46-30)32(44)45-5)27(48-31)34-17-8-6-7-9-20(17)38-33(34)47-26-18(34)10-16(11-19(26)35)12-21(28(42)39-23)36-29(43)25(41)15(3)4/h6-11,13-15,21,23,25,33,38,41H,12H2,1-5H3,(H,36,43)(H,39,42). The lowest BCUT2D eigenvalue weighted by Gasteiger charge is -2.29. The van der Waals surface area contributed by atoms with Crippen LogP contribution < -0.4 is 20.7 Å². The van der Waals surface area contributed by atoms with Gasteiger partial charge >= 0.3 is 5.97 Å². The Morgan fingerprint density at radius 2 is 1.90 bits per heavy atom. The Hall–Kier alpha value is -5.24. The summed E-state index contributed by atoms with van der Waals surface area (Å²) in [6.07, 6.45) is -1.24. The molecule has 250 valence electrons. The first-order chi connectivity index (χ1) is 22.9. The second-order valence-corrected chi connectivity index (χ2v) is 12.9. The molecule has 0 radical (unpaired) electrons. The van der Waals surface area contributed by atoms with Gasteiger partial charge in [-0.3, -0.25) is 9.59 Å². The first-order valence-electron chi connectivity index (χ1n) is 15.6. The highest BCUT2D eigenvalue weighted by Crippen LogP contribution is 2.59. The molecule has 48 heavy (non-hydrogen) atoms. The molecule has 7 rings (SSSR count). The molecule has 14 heteroatoms. The molecular weight excluding hydrogens is 625 g/mol. The van der Waals surface area contributed by atoms with Gasteiger partial charge in [0.25, 0.3) is 0 Å². The maximum Gasteiger partial charge on any atom is 0.360 e. The van der Waals surface area contributed by atoms with E-state index in [1.165, 1.54) is 13.2 Å². The normalized spacial score (nSPS) is 22.9. The number of aliphatic hydroxyl groups is 1. The summed E-state index contributed by atoms with van der Waals surface area (Å²) < 4.78 is 39.7. The van der Waals surface area contributed by atoms with E-state index in [0.29, 0.717) is 22.4 Å². The molecule has 4 N–H and O–H groups in total. The molecule has 5 atom stereocenters. The van der Waals surface area contributed by atoms with Crippen molar-refractivity contribution in [2.45, 2.75) is 63.9 Å². The quantitative estimate of drug-likeness (QED) is 0.222. The summed E-state index contributed by atoms with van der Waals surface area (Å²) >= 11 is 0. The Morgan fingerprint density at radius 3 is 2.62 bits per heavy atom. The smallest absolute Gasteiger partial charge is 0.360 e. The molecule has 4 aromatic rings. The van der Waals surface area contributed by atoms with Crippen molar-refractivity contribution in [2.75, 3.05) is 12.4 Å². The van der Waals surface area contributed by atoms with Crippen molar-refractivity contribution < 1.29 is 42.2 Å². The zero-order chi connectivity index (χ0) is 34.1. The van der Waals surface area contributed by atoms with Crippen molar-refractivity contribution in [1.82, 2.24) is 20.6 Å². The van der Waals surface area contributed by atoms with Gasteiger partial charge in [0.1, 0.15) is 29.9 Å². The van der Waals surface area contributed by atoms with Crippen LogP contribution in [-0.2, 0) is 26.2 Å². The van der Waals surface area contributed by atoms with Gasteiger partial charge in [0.2, 0.25) is 23.6 Å². The van der Waals surface area contributed by atoms with E-state index in [1.807, 2.05) is 38.1 Å². The zero-order valence-corrected chi connectivity index (χ0v) is 26.8.